The van der Waals surface area contributed by atoms with Gasteiger partial charge in [0.25, 0.3) is 0 Å². The van der Waals surface area contributed by atoms with Crippen molar-refractivity contribution >= 4 is 28.5 Å². The van der Waals surface area contributed by atoms with Crippen LogP contribution in [0.4, 0.5) is 5.69 Å². The van der Waals surface area contributed by atoms with Gasteiger partial charge >= 0.3 is 5.97 Å². The number of hydrogen-bond donors (Lipinski definition) is 1. The summed E-state index contributed by atoms with van der Waals surface area (Å²) in [6.45, 7) is 2.52. The molecule has 1 N–H and O–H groups in total. The van der Waals surface area contributed by atoms with Gasteiger partial charge in [0.1, 0.15) is 22.1 Å². The molecule has 6 heteroatoms. The SMILES string of the molecule is CCOc1ccc(N=C2SCC(O)=C2C(=O)OC)cc1. The molecule has 1 aliphatic rings. The lowest BCUT2D eigenvalue weighted by Crippen LogP contribution is -2.10. The fourth-order valence-electron chi connectivity index (χ4n) is 1.70. The number of esters is 1. The molecule has 0 aliphatic carbocycles. The lowest BCUT2D eigenvalue weighted by atomic mass is 10.2. The van der Waals surface area contributed by atoms with E-state index in [1.807, 2.05) is 19.1 Å². The van der Waals surface area contributed by atoms with Gasteiger partial charge in [0.2, 0.25) is 0 Å². The Labute approximate surface area is 121 Å². The molecular weight excluding hydrogens is 278 g/mol. The minimum atomic E-state index is -0.572. The molecule has 2 rings (SSSR count). The van der Waals surface area contributed by atoms with Crippen LogP contribution < -0.4 is 4.74 Å². The fraction of sp³-hybridized carbons (Fsp3) is 0.286. The molecule has 106 valence electrons. The Morgan fingerprint density at radius 3 is 2.70 bits per heavy atom. The molecule has 1 aromatic carbocycles. The first kappa shape index (κ1) is 14.5. The largest absolute Gasteiger partial charge is 0.510 e. The number of aliphatic hydroxyl groups is 1. The van der Waals surface area contributed by atoms with Crippen LogP contribution in [0.5, 0.6) is 5.75 Å². The van der Waals surface area contributed by atoms with Gasteiger partial charge in [-0.25, -0.2) is 9.79 Å². The Bertz CT molecular complexity index is 563. The van der Waals surface area contributed by atoms with E-state index in [4.69, 9.17) is 4.74 Å². The zero-order chi connectivity index (χ0) is 14.5. The summed E-state index contributed by atoms with van der Waals surface area (Å²) >= 11 is 1.31. The van der Waals surface area contributed by atoms with E-state index in [0.717, 1.165) is 5.75 Å². The number of methoxy groups -OCH3 is 1. The van der Waals surface area contributed by atoms with Crippen molar-refractivity contribution in [3.63, 3.8) is 0 Å². The third-order valence-electron chi connectivity index (χ3n) is 2.62. The first-order valence-electron chi connectivity index (χ1n) is 6.10. The van der Waals surface area contributed by atoms with E-state index in [-0.39, 0.29) is 11.3 Å². The summed E-state index contributed by atoms with van der Waals surface area (Å²) in [6.07, 6.45) is 0. The summed E-state index contributed by atoms with van der Waals surface area (Å²) in [5.74, 6) is 0.533. The number of carbonyl (C=O) groups excluding carboxylic acids is 1. The molecule has 0 spiro atoms. The number of rotatable bonds is 4. The van der Waals surface area contributed by atoms with Crippen molar-refractivity contribution in [1.29, 1.82) is 0 Å². The van der Waals surface area contributed by atoms with Crippen LogP contribution in [0.15, 0.2) is 40.6 Å². The molecule has 0 unspecified atom stereocenters. The molecule has 1 aliphatic heterocycles. The maximum Gasteiger partial charge on any atom is 0.344 e. The third kappa shape index (κ3) is 3.14. The minimum absolute atomic E-state index is 0.00605. The second kappa shape index (κ2) is 6.47. The number of thioether (sulfide) groups is 1. The average Bonchev–Trinajstić information content (AvgIpc) is 2.81. The fourth-order valence-corrected chi connectivity index (χ4v) is 2.63. The van der Waals surface area contributed by atoms with Gasteiger partial charge in [-0.05, 0) is 31.2 Å². The molecule has 1 aromatic rings. The average molecular weight is 293 g/mol. The Morgan fingerprint density at radius 2 is 2.10 bits per heavy atom. The monoisotopic (exact) mass is 293 g/mol. The molecular formula is C14H15NO4S. The van der Waals surface area contributed by atoms with Gasteiger partial charge < -0.3 is 14.6 Å². The predicted octanol–water partition coefficient (Wildman–Crippen LogP) is 2.85. The van der Waals surface area contributed by atoms with Gasteiger partial charge in [-0.1, -0.05) is 11.8 Å². The second-order valence-electron chi connectivity index (χ2n) is 3.95. The molecule has 0 radical (unpaired) electrons. The highest BCUT2D eigenvalue weighted by atomic mass is 32.2. The van der Waals surface area contributed by atoms with E-state index in [0.29, 0.717) is 23.1 Å². The van der Waals surface area contributed by atoms with Crippen LogP contribution in [0.1, 0.15) is 6.92 Å². The number of carbonyl (C=O) groups is 1. The van der Waals surface area contributed by atoms with Gasteiger partial charge in [0.05, 0.1) is 25.2 Å². The number of hydrogen-bond acceptors (Lipinski definition) is 6. The van der Waals surface area contributed by atoms with Gasteiger partial charge in [-0.3, -0.25) is 0 Å². The molecule has 0 bridgehead atoms. The van der Waals surface area contributed by atoms with Crippen LogP contribution in [-0.2, 0) is 9.53 Å². The number of aliphatic hydroxyl groups excluding tert-OH is 1. The van der Waals surface area contributed by atoms with E-state index in [1.54, 1.807) is 12.1 Å². The molecule has 0 amide bonds. The second-order valence-corrected chi connectivity index (χ2v) is 4.91. The summed E-state index contributed by atoms with van der Waals surface area (Å²) in [7, 11) is 1.28. The molecule has 0 aromatic heterocycles. The van der Waals surface area contributed by atoms with Crippen molar-refractivity contribution in [2.24, 2.45) is 4.99 Å². The van der Waals surface area contributed by atoms with E-state index in [2.05, 4.69) is 9.73 Å². The Hall–Kier alpha value is -1.95. The summed E-state index contributed by atoms with van der Waals surface area (Å²) in [6, 6.07) is 7.21. The van der Waals surface area contributed by atoms with Crippen molar-refractivity contribution in [3.8, 4) is 5.75 Å². The first-order valence-corrected chi connectivity index (χ1v) is 7.09. The van der Waals surface area contributed by atoms with E-state index >= 15 is 0 Å². The molecule has 1 heterocycles. The van der Waals surface area contributed by atoms with Gasteiger partial charge in [0.15, 0.2) is 0 Å². The molecule has 5 nitrogen and oxygen atoms in total. The molecule has 0 saturated heterocycles. The Balaban J connectivity index is 2.24. The summed E-state index contributed by atoms with van der Waals surface area (Å²) < 4.78 is 10.0. The van der Waals surface area contributed by atoms with Crippen LogP contribution in [0.2, 0.25) is 0 Å². The summed E-state index contributed by atoms with van der Waals surface area (Å²) in [5, 5.41) is 10.2. The lowest BCUT2D eigenvalue weighted by molar-refractivity contribution is -0.135. The predicted molar refractivity (Wildman–Crippen MR) is 78.8 cm³/mol. The zero-order valence-electron chi connectivity index (χ0n) is 11.3. The minimum Gasteiger partial charge on any atom is -0.510 e. The zero-order valence-corrected chi connectivity index (χ0v) is 12.1. The van der Waals surface area contributed by atoms with Gasteiger partial charge in [-0.2, -0.15) is 0 Å². The maximum atomic E-state index is 11.6. The van der Waals surface area contributed by atoms with Crippen molar-refractivity contribution in [2.45, 2.75) is 6.92 Å². The number of aliphatic imine (C=N–C) groups is 1. The van der Waals surface area contributed by atoms with Crippen LogP contribution >= 0.6 is 11.8 Å². The van der Waals surface area contributed by atoms with Gasteiger partial charge in [0, 0.05) is 0 Å². The number of ether oxygens (including phenoxy) is 2. The molecule has 0 saturated carbocycles. The number of nitrogens with zero attached hydrogens (tertiary/aromatic N) is 1. The summed E-state index contributed by atoms with van der Waals surface area (Å²) in [5.41, 5.74) is 0.832. The van der Waals surface area contributed by atoms with E-state index in [1.165, 1.54) is 18.9 Å². The Morgan fingerprint density at radius 1 is 1.40 bits per heavy atom. The quantitative estimate of drug-likeness (QED) is 0.865. The van der Waals surface area contributed by atoms with Crippen molar-refractivity contribution < 1.29 is 19.4 Å². The maximum absolute atomic E-state index is 11.6. The number of benzene rings is 1. The highest BCUT2D eigenvalue weighted by Crippen LogP contribution is 2.30. The molecule has 20 heavy (non-hydrogen) atoms. The van der Waals surface area contributed by atoms with Crippen LogP contribution in [-0.4, -0.2) is 35.6 Å². The van der Waals surface area contributed by atoms with E-state index in [9.17, 15) is 9.90 Å². The molecule has 0 atom stereocenters. The van der Waals surface area contributed by atoms with E-state index < -0.39 is 5.97 Å². The highest BCUT2D eigenvalue weighted by Gasteiger charge is 2.28. The van der Waals surface area contributed by atoms with Crippen molar-refractivity contribution in [3.05, 3.63) is 35.6 Å². The Kier molecular flexibility index (Phi) is 4.68. The summed E-state index contributed by atoms with van der Waals surface area (Å²) in [4.78, 5) is 16.0. The first-order chi connectivity index (χ1) is 9.65. The van der Waals surface area contributed by atoms with Crippen LogP contribution in [0.25, 0.3) is 0 Å². The lowest BCUT2D eigenvalue weighted by Gasteiger charge is -2.04. The standard InChI is InChI=1S/C14H15NO4S/c1-3-19-10-6-4-9(5-7-10)15-13-12(14(17)18-2)11(16)8-20-13/h4-7,16H,3,8H2,1-2H3. The van der Waals surface area contributed by atoms with Crippen LogP contribution in [0.3, 0.4) is 0 Å². The topological polar surface area (TPSA) is 68.1 Å². The normalized spacial score (nSPS) is 16.6. The van der Waals surface area contributed by atoms with Crippen molar-refractivity contribution in [2.75, 3.05) is 19.5 Å². The van der Waals surface area contributed by atoms with Crippen LogP contribution in [0, 0.1) is 0 Å². The van der Waals surface area contributed by atoms with Crippen molar-refractivity contribution in [1.82, 2.24) is 0 Å². The molecule has 0 fully saturated rings. The third-order valence-corrected chi connectivity index (χ3v) is 3.60. The van der Waals surface area contributed by atoms with Gasteiger partial charge in [-0.15, -0.1) is 0 Å². The highest BCUT2D eigenvalue weighted by molar-refractivity contribution is 8.15. The smallest absolute Gasteiger partial charge is 0.344 e.